The minimum atomic E-state index is -0.248. The van der Waals surface area contributed by atoms with Gasteiger partial charge in [0.25, 0.3) is 0 Å². The normalized spacial score (nSPS) is 22.6. The van der Waals surface area contributed by atoms with Gasteiger partial charge in [0.05, 0.1) is 12.2 Å². The van der Waals surface area contributed by atoms with Crippen LogP contribution in [0.25, 0.3) is 22.2 Å². The second kappa shape index (κ2) is 10.2. The van der Waals surface area contributed by atoms with E-state index in [4.69, 9.17) is 4.74 Å². The molecule has 2 aliphatic rings. The third-order valence-electron chi connectivity index (χ3n) is 7.87. The number of aromatic amines is 1. The average molecular weight is 521 g/mol. The Kier molecular flexibility index (Phi) is 6.28. The number of nitrogens with one attached hydrogen (secondary N) is 4. The Morgan fingerprint density at radius 2 is 1.87 bits per heavy atom. The molecule has 4 atom stereocenters. The molecule has 5 heterocycles. The van der Waals surface area contributed by atoms with E-state index in [1.165, 1.54) is 6.07 Å². The summed E-state index contributed by atoms with van der Waals surface area (Å²) in [6, 6.07) is 23.6. The van der Waals surface area contributed by atoms with Crippen molar-refractivity contribution in [3.8, 4) is 16.9 Å². The molecule has 4 unspecified atom stereocenters. The quantitative estimate of drug-likeness (QED) is 0.246. The molecule has 0 radical (unpaired) electrons. The number of halogens is 1. The van der Waals surface area contributed by atoms with E-state index in [0.717, 1.165) is 57.7 Å². The number of ether oxygens (including phenoxy) is 1. The molecule has 4 N–H and O–H groups in total. The van der Waals surface area contributed by atoms with Gasteiger partial charge in [-0.1, -0.05) is 42.5 Å². The summed E-state index contributed by atoms with van der Waals surface area (Å²) in [4.78, 5) is 12.6. The second-order valence-electron chi connectivity index (χ2n) is 10.3. The first-order chi connectivity index (χ1) is 19.2. The third-order valence-corrected chi connectivity index (χ3v) is 7.87. The minimum absolute atomic E-state index is 0.0830. The number of fused-ring (bicyclic) bond motifs is 2. The molecule has 0 saturated carbocycles. The Hall–Kier alpha value is -4.11. The van der Waals surface area contributed by atoms with E-state index in [-0.39, 0.29) is 17.9 Å². The lowest BCUT2D eigenvalue weighted by molar-refractivity contribution is 0.263. The standard InChI is InChI=1S/C31H29FN6O/c32-22-8-4-7-20(11-22)24-9-10-34-31-25(24)13-28(36-31)30-26-14-27(35-17-29(26)37-38-30)21-12-23(16-33-15-21)39-18-19-5-2-1-3-6-19/h1-13,15-16,26-27,29-30,35,37-38H,14,17-18H2,(H,34,36). The largest absolute Gasteiger partial charge is 0.487 e. The summed E-state index contributed by atoms with van der Waals surface area (Å²) in [6.07, 6.45) is 6.40. The smallest absolute Gasteiger partial charge is 0.138 e. The highest BCUT2D eigenvalue weighted by atomic mass is 19.1. The van der Waals surface area contributed by atoms with Crippen molar-refractivity contribution in [2.24, 2.45) is 5.92 Å². The number of hydrazine groups is 1. The summed E-state index contributed by atoms with van der Waals surface area (Å²) in [6.45, 7) is 1.34. The summed E-state index contributed by atoms with van der Waals surface area (Å²) in [5.74, 6) is 0.865. The number of hydrogen-bond donors (Lipinski definition) is 4. The first-order valence-electron chi connectivity index (χ1n) is 13.3. The van der Waals surface area contributed by atoms with Crippen LogP contribution in [0.15, 0.2) is 91.4 Å². The molecule has 0 bridgehead atoms. The number of aromatic nitrogens is 3. The molecular weight excluding hydrogens is 491 g/mol. The number of rotatable bonds is 6. The molecule has 5 aromatic rings. The van der Waals surface area contributed by atoms with Crippen molar-refractivity contribution in [1.29, 1.82) is 0 Å². The molecule has 0 spiro atoms. The van der Waals surface area contributed by atoms with Crippen LogP contribution in [0.3, 0.4) is 0 Å². The molecule has 0 aliphatic carbocycles. The molecule has 7 nitrogen and oxygen atoms in total. The van der Waals surface area contributed by atoms with Gasteiger partial charge in [-0.3, -0.25) is 10.4 Å². The lowest BCUT2D eigenvalue weighted by Crippen LogP contribution is -2.46. The molecule has 8 heteroatoms. The van der Waals surface area contributed by atoms with Gasteiger partial charge in [-0.05, 0) is 59.0 Å². The van der Waals surface area contributed by atoms with Gasteiger partial charge in [0.2, 0.25) is 0 Å². The van der Waals surface area contributed by atoms with Gasteiger partial charge in [-0.15, -0.1) is 0 Å². The lowest BCUT2D eigenvalue weighted by Gasteiger charge is -2.34. The Bertz CT molecular complexity index is 1610. The number of piperidine rings is 1. The highest BCUT2D eigenvalue weighted by Gasteiger charge is 2.42. The van der Waals surface area contributed by atoms with Crippen molar-refractivity contribution < 1.29 is 9.13 Å². The summed E-state index contributed by atoms with van der Waals surface area (Å²) < 4.78 is 20.0. The summed E-state index contributed by atoms with van der Waals surface area (Å²) in [7, 11) is 0. The summed E-state index contributed by atoms with van der Waals surface area (Å²) in [5.41, 5.74) is 12.9. The maximum atomic E-state index is 14.0. The zero-order valence-corrected chi connectivity index (χ0v) is 21.3. The fourth-order valence-electron chi connectivity index (χ4n) is 5.90. The number of pyridine rings is 2. The maximum Gasteiger partial charge on any atom is 0.138 e. The second-order valence-corrected chi connectivity index (χ2v) is 10.3. The first-order valence-corrected chi connectivity index (χ1v) is 13.3. The lowest BCUT2D eigenvalue weighted by atomic mass is 9.81. The Balaban J connectivity index is 1.12. The van der Waals surface area contributed by atoms with E-state index in [1.54, 1.807) is 24.5 Å². The van der Waals surface area contributed by atoms with Crippen molar-refractivity contribution in [2.45, 2.75) is 31.2 Å². The molecule has 3 aromatic heterocycles. The highest BCUT2D eigenvalue weighted by molar-refractivity contribution is 5.93. The molecular formula is C31H29FN6O. The Morgan fingerprint density at radius 3 is 2.77 bits per heavy atom. The molecule has 0 amide bonds. The van der Waals surface area contributed by atoms with E-state index in [1.807, 2.05) is 36.5 Å². The molecule has 2 aliphatic heterocycles. The van der Waals surface area contributed by atoms with Crippen LogP contribution < -0.4 is 20.9 Å². The van der Waals surface area contributed by atoms with Crippen LogP contribution in [0.1, 0.15) is 35.3 Å². The van der Waals surface area contributed by atoms with E-state index in [2.05, 4.69) is 55.4 Å². The van der Waals surface area contributed by atoms with Gasteiger partial charge in [0.1, 0.15) is 23.8 Å². The van der Waals surface area contributed by atoms with Gasteiger partial charge < -0.3 is 15.0 Å². The number of nitrogens with zero attached hydrogens (tertiary/aromatic N) is 2. The van der Waals surface area contributed by atoms with Gasteiger partial charge >= 0.3 is 0 Å². The topological polar surface area (TPSA) is 86.9 Å². The Morgan fingerprint density at radius 1 is 0.949 bits per heavy atom. The van der Waals surface area contributed by atoms with E-state index < -0.39 is 0 Å². The minimum Gasteiger partial charge on any atom is -0.487 e. The van der Waals surface area contributed by atoms with Crippen molar-refractivity contribution >= 4 is 11.0 Å². The van der Waals surface area contributed by atoms with Gasteiger partial charge in [0, 0.05) is 48.0 Å². The van der Waals surface area contributed by atoms with Crippen molar-refractivity contribution in [1.82, 2.24) is 31.1 Å². The van der Waals surface area contributed by atoms with Crippen molar-refractivity contribution in [3.05, 3.63) is 114 Å². The SMILES string of the molecule is Fc1cccc(-c2ccnc3[nH]c(C4NNC5CNC(c6cncc(OCc7ccccc7)c6)CC54)cc23)c1. The van der Waals surface area contributed by atoms with Crippen LogP contribution >= 0.6 is 0 Å². The van der Waals surface area contributed by atoms with Crippen LogP contribution in [0.4, 0.5) is 4.39 Å². The van der Waals surface area contributed by atoms with E-state index in [9.17, 15) is 4.39 Å². The average Bonchev–Trinajstić information content (AvgIpc) is 3.60. The van der Waals surface area contributed by atoms with Gasteiger partial charge in [-0.2, -0.15) is 0 Å². The fraction of sp³-hybridized carbons (Fsp3) is 0.226. The maximum absolute atomic E-state index is 14.0. The number of H-pyrrole nitrogens is 1. The number of hydrogen-bond acceptors (Lipinski definition) is 6. The van der Waals surface area contributed by atoms with Crippen LogP contribution in [-0.2, 0) is 6.61 Å². The van der Waals surface area contributed by atoms with Crippen molar-refractivity contribution in [3.63, 3.8) is 0 Å². The molecule has 7 rings (SSSR count). The fourth-order valence-corrected chi connectivity index (χ4v) is 5.90. The number of benzene rings is 2. The molecule has 2 saturated heterocycles. The van der Waals surface area contributed by atoms with Gasteiger partial charge in [0.15, 0.2) is 0 Å². The van der Waals surface area contributed by atoms with Crippen LogP contribution in [0.2, 0.25) is 0 Å². The predicted molar refractivity (Wildman–Crippen MR) is 148 cm³/mol. The predicted octanol–water partition coefficient (Wildman–Crippen LogP) is 5.21. The summed E-state index contributed by atoms with van der Waals surface area (Å²) >= 11 is 0. The monoisotopic (exact) mass is 520 g/mol. The van der Waals surface area contributed by atoms with Crippen molar-refractivity contribution in [2.75, 3.05) is 6.54 Å². The molecule has 196 valence electrons. The zero-order valence-electron chi connectivity index (χ0n) is 21.3. The van der Waals surface area contributed by atoms with Crippen LogP contribution in [0.5, 0.6) is 5.75 Å². The van der Waals surface area contributed by atoms with E-state index in [0.29, 0.717) is 18.6 Å². The van der Waals surface area contributed by atoms with Gasteiger partial charge in [-0.25, -0.2) is 14.8 Å². The van der Waals surface area contributed by atoms with E-state index >= 15 is 0 Å². The summed E-state index contributed by atoms with van der Waals surface area (Å²) in [5, 5.41) is 4.67. The highest BCUT2D eigenvalue weighted by Crippen LogP contribution is 2.40. The third kappa shape index (κ3) is 4.78. The molecule has 2 aromatic carbocycles. The Labute approximate surface area is 225 Å². The first kappa shape index (κ1) is 24.0. The van der Waals surface area contributed by atoms with Crippen LogP contribution in [0, 0.1) is 11.7 Å². The zero-order chi connectivity index (χ0) is 26.2. The molecule has 39 heavy (non-hydrogen) atoms. The van der Waals surface area contributed by atoms with Crippen LogP contribution in [-0.4, -0.2) is 27.5 Å². The molecule has 2 fully saturated rings.